The molecule has 2 aliphatic heterocycles. The second kappa shape index (κ2) is 5.66. The second-order valence-electron chi connectivity index (χ2n) is 8.48. The number of benzene rings is 1. The van der Waals surface area contributed by atoms with E-state index in [9.17, 15) is 14.7 Å². The summed E-state index contributed by atoms with van der Waals surface area (Å²) in [5.41, 5.74) is -0.195. The minimum absolute atomic E-state index is 0.0777. The number of nitrogens with zero attached hydrogens (tertiary/aromatic N) is 1. The molecule has 2 atom stereocenters. The highest BCUT2D eigenvalue weighted by molar-refractivity contribution is 5.93. The predicted octanol–water partition coefficient (Wildman–Crippen LogP) is 1.98. The van der Waals surface area contributed by atoms with Crippen LogP contribution in [0.2, 0.25) is 0 Å². The van der Waals surface area contributed by atoms with Crippen molar-refractivity contribution in [3.8, 4) is 0 Å². The number of rotatable bonds is 1. The molecule has 2 unspecified atom stereocenters. The van der Waals surface area contributed by atoms with Crippen LogP contribution in [0, 0.1) is 18.3 Å². The zero-order chi connectivity index (χ0) is 19.6. The van der Waals surface area contributed by atoms with Gasteiger partial charge >= 0.3 is 11.9 Å². The maximum absolute atomic E-state index is 12.3. The van der Waals surface area contributed by atoms with Gasteiger partial charge in [-0.2, -0.15) is 0 Å². The smallest absolute Gasteiger partial charge is 0.334 e. The maximum Gasteiger partial charge on any atom is 0.334 e. The molecule has 3 aliphatic rings. The number of carbonyl (C=O) groups is 2. The molecule has 0 radical (unpaired) electrons. The van der Waals surface area contributed by atoms with Crippen LogP contribution in [0.15, 0.2) is 30.4 Å². The lowest BCUT2D eigenvalue weighted by Crippen LogP contribution is -2.55. The van der Waals surface area contributed by atoms with Crippen LogP contribution in [0.1, 0.15) is 37.0 Å². The number of fused-ring (bicyclic) bond motifs is 2. The molecule has 0 amide bonds. The lowest BCUT2D eigenvalue weighted by atomic mass is 9.65. The van der Waals surface area contributed by atoms with Crippen molar-refractivity contribution in [3.63, 3.8) is 0 Å². The molecule has 1 N–H and O–H groups in total. The Bertz CT molecular complexity index is 838. The van der Waals surface area contributed by atoms with Gasteiger partial charge in [-0.05, 0) is 46.3 Å². The summed E-state index contributed by atoms with van der Waals surface area (Å²) in [4.78, 5) is 26.8. The summed E-state index contributed by atoms with van der Waals surface area (Å²) in [6.07, 6.45) is 2.95. The van der Waals surface area contributed by atoms with E-state index in [2.05, 4.69) is 4.90 Å². The average molecular weight is 371 g/mol. The standard InChI is InChI=1S/C21H25NO5/c1-13-5-6-15-16(11-13)20(25,14-9-10-22(4)12-14)19(2,3)21(15)26-17(23)7-8-18(24)27-21/h5-8,11,14,25H,9-10,12H2,1-4H3. The Morgan fingerprint density at radius 3 is 2.30 bits per heavy atom. The monoisotopic (exact) mass is 371 g/mol. The van der Waals surface area contributed by atoms with Crippen molar-refractivity contribution in [3.05, 3.63) is 47.0 Å². The zero-order valence-corrected chi connectivity index (χ0v) is 16.1. The van der Waals surface area contributed by atoms with Crippen molar-refractivity contribution < 1.29 is 24.2 Å². The fourth-order valence-corrected chi connectivity index (χ4v) is 5.06. The zero-order valence-electron chi connectivity index (χ0n) is 16.1. The molecule has 1 aromatic carbocycles. The highest BCUT2D eigenvalue weighted by Gasteiger charge is 2.72. The van der Waals surface area contributed by atoms with Crippen LogP contribution >= 0.6 is 0 Å². The third-order valence-corrected chi connectivity index (χ3v) is 6.54. The van der Waals surface area contributed by atoms with Crippen molar-refractivity contribution in [2.45, 2.75) is 38.6 Å². The van der Waals surface area contributed by atoms with Crippen molar-refractivity contribution in [2.75, 3.05) is 20.1 Å². The van der Waals surface area contributed by atoms with Crippen LogP contribution in [0.4, 0.5) is 0 Å². The van der Waals surface area contributed by atoms with Crippen LogP contribution in [-0.4, -0.2) is 42.1 Å². The Kier molecular flexibility index (Phi) is 3.81. The predicted molar refractivity (Wildman–Crippen MR) is 97.5 cm³/mol. The quantitative estimate of drug-likeness (QED) is 0.761. The number of hydrogen-bond acceptors (Lipinski definition) is 6. The molecule has 4 rings (SSSR count). The fraction of sp³-hybridized carbons (Fsp3) is 0.524. The summed E-state index contributed by atoms with van der Waals surface area (Å²) in [7, 11) is 2.02. The first-order valence-corrected chi connectivity index (χ1v) is 9.28. The molecule has 0 aromatic heterocycles. The summed E-state index contributed by atoms with van der Waals surface area (Å²) in [6.45, 7) is 7.16. The summed E-state index contributed by atoms with van der Waals surface area (Å²) in [5.74, 6) is -3.07. The van der Waals surface area contributed by atoms with Gasteiger partial charge in [0.15, 0.2) is 0 Å². The molecule has 1 spiro atoms. The van der Waals surface area contributed by atoms with Gasteiger partial charge in [-0.25, -0.2) is 9.59 Å². The van der Waals surface area contributed by atoms with Crippen molar-refractivity contribution in [1.82, 2.24) is 4.90 Å². The Morgan fingerprint density at radius 2 is 1.74 bits per heavy atom. The lowest BCUT2D eigenvalue weighted by molar-refractivity contribution is -0.299. The average Bonchev–Trinajstić information content (AvgIpc) is 3.02. The van der Waals surface area contributed by atoms with Crippen molar-refractivity contribution >= 4 is 11.9 Å². The molecule has 1 aromatic rings. The van der Waals surface area contributed by atoms with E-state index in [-0.39, 0.29) is 5.92 Å². The fourth-order valence-electron chi connectivity index (χ4n) is 5.06. The number of ether oxygens (including phenoxy) is 2. The molecule has 1 fully saturated rings. The first kappa shape index (κ1) is 18.2. The minimum atomic E-state index is -1.68. The molecule has 0 bridgehead atoms. The molecule has 27 heavy (non-hydrogen) atoms. The Morgan fingerprint density at radius 1 is 1.11 bits per heavy atom. The maximum atomic E-state index is 12.3. The van der Waals surface area contributed by atoms with E-state index in [0.29, 0.717) is 17.7 Å². The van der Waals surface area contributed by atoms with Crippen LogP contribution in [-0.2, 0) is 30.5 Å². The number of aryl methyl sites for hydroxylation is 1. The Hall–Kier alpha value is -2.18. The first-order valence-electron chi connectivity index (χ1n) is 9.28. The second-order valence-corrected chi connectivity index (χ2v) is 8.48. The Balaban J connectivity index is 1.98. The van der Waals surface area contributed by atoms with E-state index >= 15 is 0 Å². The van der Waals surface area contributed by atoms with E-state index in [0.717, 1.165) is 30.7 Å². The van der Waals surface area contributed by atoms with Gasteiger partial charge in [0.1, 0.15) is 5.60 Å². The third-order valence-electron chi connectivity index (χ3n) is 6.54. The summed E-state index contributed by atoms with van der Waals surface area (Å²) in [5, 5.41) is 12.2. The molecule has 6 nitrogen and oxygen atoms in total. The minimum Gasteiger partial charge on any atom is -0.414 e. The van der Waals surface area contributed by atoms with Gasteiger partial charge in [0.05, 0.1) is 5.41 Å². The molecule has 2 heterocycles. The number of aliphatic hydroxyl groups is 1. The molecular formula is C21H25NO5. The van der Waals surface area contributed by atoms with E-state index in [1.54, 1.807) is 6.07 Å². The van der Waals surface area contributed by atoms with Gasteiger partial charge < -0.3 is 19.5 Å². The largest absolute Gasteiger partial charge is 0.414 e. The van der Waals surface area contributed by atoms with Crippen LogP contribution in [0.5, 0.6) is 0 Å². The molecule has 1 saturated heterocycles. The topological polar surface area (TPSA) is 76.1 Å². The third kappa shape index (κ3) is 2.26. The summed E-state index contributed by atoms with van der Waals surface area (Å²) in [6, 6.07) is 5.60. The SMILES string of the molecule is Cc1ccc2c(c1)C(O)(C1CCN(C)C1)C(C)(C)C21OC(=O)C=CC(=O)O1. The molecule has 144 valence electrons. The van der Waals surface area contributed by atoms with E-state index in [1.165, 1.54) is 0 Å². The lowest BCUT2D eigenvalue weighted by Gasteiger charge is -2.47. The van der Waals surface area contributed by atoms with E-state index < -0.39 is 28.7 Å². The van der Waals surface area contributed by atoms with Gasteiger partial charge in [-0.1, -0.05) is 23.8 Å². The molecule has 6 heteroatoms. The number of likely N-dealkylation sites (tertiary alicyclic amines) is 1. The number of esters is 2. The first-order chi connectivity index (χ1) is 12.6. The van der Waals surface area contributed by atoms with Gasteiger partial charge in [-0.3, -0.25) is 0 Å². The van der Waals surface area contributed by atoms with Crippen molar-refractivity contribution in [1.29, 1.82) is 0 Å². The van der Waals surface area contributed by atoms with E-state index in [4.69, 9.17) is 9.47 Å². The van der Waals surface area contributed by atoms with Crippen molar-refractivity contribution in [2.24, 2.45) is 11.3 Å². The van der Waals surface area contributed by atoms with Gasteiger partial charge in [0.25, 0.3) is 5.79 Å². The number of hydrogen-bond donors (Lipinski definition) is 1. The highest BCUT2D eigenvalue weighted by Crippen LogP contribution is 2.65. The van der Waals surface area contributed by atoms with Crippen LogP contribution in [0.3, 0.4) is 0 Å². The van der Waals surface area contributed by atoms with Gasteiger partial charge in [0, 0.05) is 30.2 Å². The highest BCUT2D eigenvalue weighted by atomic mass is 16.7. The molecule has 1 aliphatic carbocycles. The molecular weight excluding hydrogens is 346 g/mol. The van der Waals surface area contributed by atoms with Crippen LogP contribution < -0.4 is 0 Å². The van der Waals surface area contributed by atoms with Gasteiger partial charge in [0.2, 0.25) is 0 Å². The van der Waals surface area contributed by atoms with Crippen LogP contribution in [0.25, 0.3) is 0 Å². The summed E-state index contributed by atoms with van der Waals surface area (Å²) >= 11 is 0. The summed E-state index contributed by atoms with van der Waals surface area (Å²) < 4.78 is 11.5. The Labute approximate surface area is 158 Å². The normalized spacial score (nSPS) is 31.5. The van der Waals surface area contributed by atoms with Gasteiger partial charge in [-0.15, -0.1) is 0 Å². The molecule has 0 saturated carbocycles. The van der Waals surface area contributed by atoms with E-state index in [1.807, 2.05) is 40.0 Å². The number of carbonyl (C=O) groups excluding carboxylic acids is 2.